The van der Waals surface area contributed by atoms with Crippen LogP contribution in [0.1, 0.15) is 5.56 Å². The first kappa shape index (κ1) is 16.6. The van der Waals surface area contributed by atoms with Crippen LogP contribution in [0.25, 0.3) is 11.0 Å². The molecule has 0 saturated carbocycles. The van der Waals surface area contributed by atoms with Gasteiger partial charge < -0.3 is 10.2 Å². The fourth-order valence-electron chi connectivity index (χ4n) is 3.19. The predicted octanol–water partition coefficient (Wildman–Crippen LogP) is 1.55. The first-order chi connectivity index (χ1) is 12.6. The molecule has 3 aromatic rings. The van der Waals surface area contributed by atoms with Gasteiger partial charge in [-0.3, -0.25) is 4.98 Å². The fourth-order valence-corrected chi connectivity index (χ4v) is 4.59. The van der Waals surface area contributed by atoms with Gasteiger partial charge >= 0.3 is 0 Å². The predicted molar refractivity (Wildman–Crippen MR) is 98.6 cm³/mol. The standard InChI is InChI=1S/C18H17N5O2S/c19-12-14-3-1-4-15(11-14)26(24,25)23-13-17(22-9-7-20-8-10-22)18-16(23)5-2-6-21-18/h1-6,11,13,20H,7-10H2. The van der Waals surface area contributed by atoms with Crippen molar-refractivity contribution in [2.24, 2.45) is 0 Å². The molecule has 4 rings (SSSR count). The highest BCUT2D eigenvalue weighted by molar-refractivity contribution is 7.90. The molecule has 1 aliphatic rings. The van der Waals surface area contributed by atoms with Gasteiger partial charge in [-0.25, -0.2) is 12.4 Å². The Kier molecular flexibility index (Phi) is 4.11. The molecule has 1 aliphatic heterocycles. The van der Waals surface area contributed by atoms with Gasteiger partial charge in [-0.05, 0) is 30.3 Å². The summed E-state index contributed by atoms with van der Waals surface area (Å²) < 4.78 is 27.7. The molecule has 132 valence electrons. The van der Waals surface area contributed by atoms with Crippen molar-refractivity contribution in [3.63, 3.8) is 0 Å². The second kappa shape index (κ2) is 6.44. The summed E-state index contributed by atoms with van der Waals surface area (Å²) in [5.74, 6) is 0. The minimum Gasteiger partial charge on any atom is -0.366 e. The van der Waals surface area contributed by atoms with Gasteiger partial charge in [-0.15, -0.1) is 0 Å². The van der Waals surface area contributed by atoms with Gasteiger partial charge in [-0.2, -0.15) is 5.26 Å². The van der Waals surface area contributed by atoms with Crippen molar-refractivity contribution < 1.29 is 8.42 Å². The highest BCUT2D eigenvalue weighted by Crippen LogP contribution is 2.30. The third-order valence-electron chi connectivity index (χ3n) is 4.48. The lowest BCUT2D eigenvalue weighted by atomic mass is 10.2. The minimum absolute atomic E-state index is 0.0872. The number of nitriles is 1. The van der Waals surface area contributed by atoms with Gasteiger partial charge in [-0.1, -0.05) is 6.07 Å². The van der Waals surface area contributed by atoms with E-state index >= 15 is 0 Å². The van der Waals surface area contributed by atoms with Gasteiger partial charge in [0.05, 0.1) is 27.7 Å². The van der Waals surface area contributed by atoms with Crippen LogP contribution in [0.5, 0.6) is 0 Å². The van der Waals surface area contributed by atoms with E-state index in [0.29, 0.717) is 16.6 Å². The van der Waals surface area contributed by atoms with Crippen molar-refractivity contribution in [3.05, 3.63) is 54.4 Å². The average molecular weight is 367 g/mol. The van der Waals surface area contributed by atoms with Gasteiger partial charge in [0.25, 0.3) is 10.0 Å². The Balaban J connectivity index is 1.90. The third-order valence-corrected chi connectivity index (χ3v) is 6.15. The summed E-state index contributed by atoms with van der Waals surface area (Å²) >= 11 is 0. The molecular weight excluding hydrogens is 350 g/mol. The molecule has 0 aliphatic carbocycles. The lowest BCUT2D eigenvalue weighted by Gasteiger charge is -2.28. The maximum absolute atomic E-state index is 13.2. The van der Waals surface area contributed by atoms with Crippen LogP contribution in [-0.2, 0) is 10.0 Å². The van der Waals surface area contributed by atoms with E-state index in [-0.39, 0.29) is 4.90 Å². The molecule has 0 unspecified atom stereocenters. The number of hydrogen-bond acceptors (Lipinski definition) is 6. The first-order valence-corrected chi connectivity index (χ1v) is 9.73. The van der Waals surface area contributed by atoms with E-state index in [4.69, 9.17) is 5.26 Å². The van der Waals surface area contributed by atoms with Crippen LogP contribution in [-0.4, -0.2) is 43.6 Å². The van der Waals surface area contributed by atoms with Crippen molar-refractivity contribution in [3.8, 4) is 6.07 Å². The number of anilines is 1. The van der Waals surface area contributed by atoms with Gasteiger partial charge in [0, 0.05) is 38.6 Å². The first-order valence-electron chi connectivity index (χ1n) is 8.29. The second-order valence-electron chi connectivity index (χ2n) is 6.06. The lowest BCUT2D eigenvalue weighted by Crippen LogP contribution is -2.43. The molecule has 7 nitrogen and oxygen atoms in total. The topological polar surface area (TPSA) is 91.0 Å². The van der Waals surface area contributed by atoms with E-state index in [9.17, 15) is 8.42 Å². The SMILES string of the molecule is N#Cc1cccc(S(=O)(=O)n2cc(N3CCNCC3)c3ncccc32)c1. The number of hydrogen-bond donors (Lipinski definition) is 1. The van der Waals surface area contributed by atoms with E-state index in [2.05, 4.69) is 15.2 Å². The van der Waals surface area contributed by atoms with E-state index in [1.165, 1.54) is 16.1 Å². The summed E-state index contributed by atoms with van der Waals surface area (Å²) in [5.41, 5.74) is 2.31. The molecule has 2 aromatic heterocycles. The van der Waals surface area contributed by atoms with Crippen molar-refractivity contribution in [1.29, 1.82) is 5.26 Å². The molecule has 0 atom stereocenters. The summed E-state index contributed by atoms with van der Waals surface area (Å²) in [6.07, 6.45) is 3.30. The Morgan fingerprint density at radius 1 is 1.15 bits per heavy atom. The summed E-state index contributed by atoms with van der Waals surface area (Å²) in [6.45, 7) is 3.27. The molecule has 3 heterocycles. The molecule has 0 bridgehead atoms. The number of rotatable bonds is 3. The van der Waals surface area contributed by atoms with E-state index < -0.39 is 10.0 Å². The summed E-state index contributed by atoms with van der Waals surface area (Å²) in [6, 6.07) is 11.5. The summed E-state index contributed by atoms with van der Waals surface area (Å²) in [4.78, 5) is 6.65. The Hall–Kier alpha value is -2.89. The number of benzene rings is 1. The van der Waals surface area contributed by atoms with Crippen LogP contribution in [0.3, 0.4) is 0 Å². The molecule has 0 spiro atoms. The fraction of sp³-hybridized carbons (Fsp3) is 0.222. The minimum atomic E-state index is -3.83. The number of nitrogens with one attached hydrogen (secondary N) is 1. The zero-order chi connectivity index (χ0) is 18.1. The maximum Gasteiger partial charge on any atom is 0.268 e. The molecule has 26 heavy (non-hydrogen) atoms. The highest BCUT2D eigenvalue weighted by atomic mass is 32.2. The van der Waals surface area contributed by atoms with Crippen LogP contribution in [0.4, 0.5) is 5.69 Å². The summed E-state index contributed by atoms with van der Waals surface area (Å²) in [7, 11) is -3.83. The molecule has 1 saturated heterocycles. The Morgan fingerprint density at radius 3 is 2.73 bits per heavy atom. The molecule has 0 radical (unpaired) electrons. The molecular formula is C18H17N5O2S. The van der Waals surface area contributed by atoms with Gasteiger partial charge in [0.2, 0.25) is 0 Å². The van der Waals surface area contributed by atoms with Gasteiger partial charge in [0.15, 0.2) is 0 Å². The molecule has 8 heteroatoms. The van der Waals surface area contributed by atoms with Crippen LogP contribution in [0.15, 0.2) is 53.7 Å². The zero-order valence-electron chi connectivity index (χ0n) is 14.0. The van der Waals surface area contributed by atoms with Crippen molar-refractivity contribution in [2.75, 3.05) is 31.1 Å². The smallest absolute Gasteiger partial charge is 0.268 e. The van der Waals surface area contributed by atoms with Gasteiger partial charge in [0.1, 0.15) is 5.52 Å². The van der Waals surface area contributed by atoms with Crippen molar-refractivity contribution in [1.82, 2.24) is 14.3 Å². The summed E-state index contributed by atoms with van der Waals surface area (Å²) in [5, 5.41) is 12.4. The van der Waals surface area contributed by atoms with Crippen LogP contribution in [0.2, 0.25) is 0 Å². The van der Waals surface area contributed by atoms with Crippen molar-refractivity contribution in [2.45, 2.75) is 4.90 Å². The van der Waals surface area contributed by atoms with Crippen molar-refractivity contribution >= 4 is 26.7 Å². The van der Waals surface area contributed by atoms with Crippen LogP contribution < -0.4 is 10.2 Å². The normalized spacial score (nSPS) is 15.1. The number of aromatic nitrogens is 2. The Morgan fingerprint density at radius 2 is 1.96 bits per heavy atom. The number of piperazine rings is 1. The molecule has 1 aromatic carbocycles. The third kappa shape index (κ3) is 2.71. The second-order valence-corrected chi connectivity index (χ2v) is 7.88. The molecule has 0 amide bonds. The molecule has 1 N–H and O–H groups in total. The average Bonchev–Trinajstić information content (AvgIpc) is 3.09. The van der Waals surface area contributed by atoms with E-state index in [1.54, 1.807) is 36.7 Å². The monoisotopic (exact) mass is 367 g/mol. The van der Waals surface area contributed by atoms with Crippen LogP contribution >= 0.6 is 0 Å². The number of pyridine rings is 1. The number of nitrogens with zero attached hydrogens (tertiary/aromatic N) is 4. The quantitative estimate of drug-likeness (QED) is 0.755. The molecule has 1 fully saturated rings. The van der Waals surface area contributed by atoms with E-state index in [0.717, 1.165) is 31.9 Å². The Bertz CT molecular complexity index is 1110. The number of fused-ring (bicyclic) bond motifs is 1. The van der Waals surface area contributed by atoms with E-state index in [1.807, 2.05) is 6.07 Å². The highest BCUT2D eigenvalue weighted by Gasteiger charge is 2.24. The zero-order valence-corrected chi connectivity index (χ0v) is 14.8. The Labute approximate surface area is 151 Å². The maximum atomic E-state index is 13.2. The largest absolute Gasteiger partial charge is 0.366 e. The lowest BCUT2D eigenvalue weighted by molar-refractivity contribution is 0.586. The van der Waals surface area contributed by atoms with Crippen LogP contribution in [0, 0.1) is 11.3 Å².